The monoisotopic (exact) mass is 205 g/mol. The lowest BCUT2D eigenvalue weighted by atomic mass is 10.1. The van der Waals surface area contributed by atoms with Crippen molar-refractivity contribution in [2.24, 2.45) is 5.11 Å². The Kier molecular flexibility index (Phi) is 2.87. The lowest BCUT2D eigenvalue weighted by Crippen LogP contribution is -1.98. The van der Waals surface area contributed by atoms with Crippen LogP contribution in [-0.4, -0.2) is 13.2 Å². The van der Waals surface area contributed by atoms with E-state index in [2.05, 4.69) is 10.0 Å². The van der Waals surface area contributed by atoms with E-state index in [1.54, 1.807) is 6.07 Å². The normalized spacial score (nSPS) is 16.3. The minimum atomic E-state index is -0.398. The molecular weight excluding hydrogens is 194 g/mol. The van der Waals surface area contributed by atoms with Crippen LogP contribution in [0.25, 0.3) is 10.4 Å². The van der Waals surface area contributed by atoms with Gasteiger partial charge in [0, 0.05) is 16.2 Å². The highest BCUT2D eigenvalue weighted by Gasteiger charge is 2.20. The summed E-state index contributed by atoms with van der Waals surface area (Å²) in [5.41, 5.74) is 10.9. The number of ether oxygens (including phenoxy) is 2. The van der Waals surface area contributed by atoms with E-state index in [-0.39, 0.29) is 0 Å². The van der Waals surface area contributed by atoms with E-state index in [0.717, 1.165) is 11.1 Å². The van der Waals surface area contributed by atoms with Gasteiger partial charge in [0.05, 0.1) is 13.2 Å². The molecule has 0 aromatic heterocycles. The minimum Gasteiger partial charge on any atom is -0.346 e. The van der Waals surface area contributed by atoms with Crippen LogP contribution in [-0.2, 0) is 9.47 Å². The molecule has 0 saturated carbocycles. The summed E-state index contributed by atoms with van der Waals surface area (Å²) in [5, 5.41) is 3.61. The van der Waals surface area contributed by atoms with Gasteiger partial charge in [-0.25, -0.2) is 0 Å². The van der Waals surface area contributed by atoms with Crippen molar-refractivity contribution in [3.63, 3.8) is 0 Å². The summed E-state index contributed by atoms with van der Waals surface area (Å²) < 4.78 is 10.8. The molecule has 2 rings (SSSR count). The highest BCUT2D eigenvalue weighted by atomic mass is 16.7. The molecule has 1 heterocycles. The second-order valence-electron chi connectivity index (χ2n) is 3.33. The summed E-state index contributed by atoms with van der Waals surface area (Å²) in [6.07, 6.45) is -0.398. The standard InChI is InChI=1S/C10H11N3O2/c1-7-2-3-9(12-13-11)8(6-7)10-14-4-5-15-10/h2-3,6,10H,4-5H2,1H3. The summed E-state index contributed by atoms with van der Waals surface area (Å²) in [6.45, 7) is 3.13. The third-order valence-electron chi connectivity index (χ3n) is 2.21. The predicted octanol–water partition coefficient (Wildman–Crippen LogP) is 2.98. The molecule has 0 unspecified atom stereocenters. The number of rotatable bonds is 2. The van der Waals surface area contributed by atoms with Gasteiger partial charge < -0.3 is 9.47 Å². The molecule has 0 bridgehead atoms. The number of azide groups is 1. The van der Waals surface area contributed by atoms with Gasteiger partial charge in [0.2, 0.25) is 0 Å². The van der Waals surface area contributed by atoms with Crippen LogP contribution in [0.5, 0.6) is 0 Å². The lowest BCUT2D eigenvalue weighted by molar-refractivity contribution is -0.0436. The van der Waals surface area contributed by atoms with Crippen molar-refractivity contribution in [3.05, 3.63) is 39.8 Å². The van der Waals surface area contributed by atoms with Crippen LogP contribution in [0, 0.1) is 6.92 Å². The highest BCUT2D eigenvalue weighted by molar-refractivity contribution is 5.48. The molecule has 0 spiro atoms. The molecule has 0 amide bonds. The predicted molar refractivity (Wildman–Crippen MR) is 54.6 cm³/mol. The van der Waals surface area contributed by atoms with E-state index in [0.29, 0.717) is 18.9 Å². The van der Waals surface area contributed by atoms with Gasteiger partial charge in [-0.1, -0.05) is 28.9 Å². The van der Waals surface area contributed by atoms with Crippen LogP contribution in [0.3, 0.4) is 0 Å². The SMILES string of the molecule is Cc1ccc(N=[N+]=[N-])c(C2OCCO2)c1. The maximum atomic E-state index is 8.43. The molecule has 0 atom stereocenters. The minimum absolute atomic E-state index is 0.398. The van der Waals surface area contributed by atoms with Crippen molar-refractivity contribution in [2.75, 3.05) is 13.2 Å². The van der Waals surface area contributed by atoms with Crippen LogP contribution < -0.4 is 0 Å². The van der Waals surface area contributed by atoms with Crippen molar-refractivity contribution in [1.29, 1.82) is 0 Å². The van der Waals surface area contributed by atoms with Crippen LogP contribution >= 0.6 is 0 Å². The molecule has 1 aliphatic rings. The summed E-state index contributed by atoms with van der Waals surface area (Å²) in [6, 6.07) is 5.58. The van der Waals surface area contributed by atoms with E-state index < -0.39 is 6.29 Å². The second-order valence-corrected chi connectivity index (χ2v) is 3.33. The molecule has 1 saturated heterocycles. The fourth-order valence-corrected chi connectivity index (χ4v) is 1.54. The molecule has 5 nitrogen and oxygen atoms in total. The third-order valence-corrected chi connectivity index (χ3v) is 2.21. The Hall–Kier alpha value is -1.55. The largest absolute Gasteiger partial charge is 0.346 e. The zero-order chi connectivity index (χ0) is 10.7. The first-order chi connectivity index (χ1) is 7.31. The van der Waals surface area contributed by atoms with Gasteiger partial charge in [-0.2, -0.15) is 0 Å². The third kappa shape index (κ3) is 2.10. The molecule has 78 valence electrons. The van der Waals surface area contributed by atoms with E-state index in [1.165, 1.54) is 0 Å². The van der Waals surface area contributed by atoms with Crippen molar-refractivity contribution >= 4 is 5.69 Å². The first-order valence-electron chi connectivity index (χ1n) is 4.70. The van der Waals surface area contributed by atoms with Crippen LogP contribution in [0.4, 0.5) is 5.69 Å². The van der Waals surface area contributed by atoms with Gasteiger partial charge in [-0.15, -0.1) is 0 Å². The Labute approximate surface area is 87.2 Å². The molecule has 1 aliphatic heterocycles. The van der Waals surface area contributed by atoms with Gasteiger partial charge in [0.15, 0.2) is 6.29 Å². The molecule has 0 N–H and O–H groups in total. The molecule has 5 heteroatoms. The summed E-state index contributed by atoms with van der Waals surface area (Å²) >= 11 is 0. The number of hydrogen-bond acceptors (Lipinski definition) is 3. The van der Waals surface area contributed by atoms with Gasteiger partial charge >= 0.3 is 0 Å². The molecule has 1 fully saturated rings. The maximum absolute atomic E-state index is 8.43. The average Bonchev–Trinajstić information content (AvgIpc) is 2.74. The van der Waals surface area contributed by atoms with Crippen molar-refractivity contribution in [2.45, 2.75) is 13.2 Å². The molecule has 0 aliphatic carbocycles. The zero-order valence-corrected chi connectivity index (χ0v) is 8.38. The molecule has 0 radical (unpaired) electrons. The molecule has 1 aromatic rings. The van der Waals surface area contributed by atoms with E-state index in [4.69, 9.17) is 15.0 Å². The number of aryl methyl sites for hydroxylation is 1. The smallest absolute Gasteiger partial charge is 0.184 e. The van der Waals surface area contributed by atoms with Crippen LogP contribution in [0.1, 0.15) is 17.4 Å². The Morgan fingerprint density at radius 2 is 2.13 bits per heavy atom. The fraction of sp³-hybridized carbons (Fsp3) is 0.400. The zero-order valence-electron chi connectivity index (χ0n) is 8.38. The molecule has 1 aromatic carbocycles. The summed E-state index contributed by atoms with van der Waals surface area (Å²) in [4.78, 5) is 2.78. The lowest BCUT2D eigenvalue weighted by Gasteiger charge is -2.12. The van der Waals surface area contributed by atoms with Gasteiger partial charge in [0.25, 0.3) is 0 Å². The van der Waals surface area contributed by atoms with Gasteiger partial charge in [0.1, 0.15) is 0 Å². The topological polar surface area (TPSA) is 67.2 Å². The first kappa shape index (κ1) is 9.98. The van der Waals surface area contributed by atoms with E-state index in [9.17, 15) is 0 Å². The van der Waals surface area contributed by atoms with Crippen molar-refractivity contribution in [3.8, 4) is 0 Å². The fourth-order valence-electron chi connectivity index (χ4n) is 1.54. The summed E-state index contributed by atoms with van der Waals surface area (Å²) in [7, 11) is 0. The quantitative estimate of drug-likeness (QED) is 0.423. The Balaban J connectivity index is 2.41. The summed E-state index contributed by atoms with van der Waals surface area (Å²) in [5.74, 6) is 0. The van der Waals surface area contributed by atoms with Gasteiger partial charge in [-0.05, 0) is 12.5 Å². The Bertz CT molecular complexity index is 407. The first-order valence-corrected chi connectivity index (χ1v) is 4.70. The van der Waals surface area contributed by atoms with Crippen molar-refractivity contribution < 1.29 is 9.47 Å². The van der Waals surface area contributed by atoms with E-state index >= 15 is 0 Å². The van der Waals surface area contributed by atoms with E-state index in [1.807, 2.05) is 19.1 Å². The Morgan fingerprint density at radius 3 is 2.80 bits per heavy atom. The maximum Gasteiger partial charge on any atom is 0.184 e. The number of hydrogen-bond donors (Lipinski definition) is 0. The van der Waals surface area contributed by atoms with Crippen molar-refractivity contribution in [1.82, 2.24) is 0 Å². The highest BCUT2D eigenvalue weighted by Crippen LogP contribution is 2.32. The van der Waals surface area contributed by atoms with Gasteiger partial charge in [-0.3, -0.25) is 0 Å². The Morgan fingerprint density at radius 1 is 1.40 bits per heavy atom. The number of nitrogens with zero attached hydrogens (tertiary/aromatic N) is 3. The molecule has 15 heavy (non-hydrogen) atoms. The van der Waals surface area contributed by atoms with Crippen LogP contribution in [0.2, 0.25) is 0 Å². The average molecular weight is 205 g/mol. The second kappa shape index (κ2) is 4.31. The molecular formula is C10H11N3O2. The van der Waals surface area contributed by atoms with Crippen LogP contribution in [0.15, 0.2) is 23.3 Å². The number of benzene rings is 1.